The number of nitrogens with zero attached hydrogens (tertiary/aromatic N) is 2. The first-order valence-electron chi connectivity index (χ1n) is 6.10. The summed E-state index contributed by atoms with van der Waals surface area (Å²) in [6, 6.07) is 11.0. The van der Waals surface area contributed by atoms with Gasteiger partial charge < -0.3 is 5.32 Å². The fourth-order valence-electron chi connectivity index (χ4n) is 1.90. The van der Waals surface area contributed by atoms with Gasteiger partial charge in [0.15, 0.2) is 0 Å². The fourth-order valence-corrected chi connectivity index (χ4v) is 2.16. The summed E-state index contributed by atoms with van der Waals surface area (Å²) in [6.07, 6.45) is 2.86. The maximum absolute atomic E-state index is 4.16. The van der Waals surface area contributed by atoms with E-state index in [1.807, 2.05) is 24.0 Å². The van der Waals surface area contributed by atoms with Crippen LogP contribution in [0.25, 0.3) is 0 Å². The number of aromatic nitrogens is 2. The van der Waals surface area contributed by atoms with Crippen LogP contribution < -0.4 is 5.32 Å². The Kier molecular flexibility index (Phi) is 4.55. The van der Waals surface area contributed by atoms with Crippen molar-refractivity contribution in [2.45, 2.75) is 25.9 Å². The summed E-state index contributed by atoms with van der Waals surface area (Å²) in [5.41, 5.74) is 2.56. The topological polar surface area (TPSA) is 29.9 Å². The van der Waals surface area contributed by atoms with E-state index in [2.05, 4.69) is 57.5 Å². The van der Waals surface area contributed by atoms with Gasteiger partial charge in [0, 0.05) is 30.3 Å². The molecule has 0 spiro atoms. The molecule has 1 atom stereocenters. The van der Waals surface area contributed by atoms with Gasteiger partial charge in [-0.15, -0.1) is 0 Å². The quantitative estimate of drug-likeness (QED) is 0.920. The SMILES string of the molecule is CC(Cc1ccc(Br)cc1)NCc1ccnn1C. The molecule has 0 radical (unpaired) electrons. The Labute approximate surface area is 116 Å². The highest BCUT2D eigenvalue weighted by atomic mass is 79.9. The molecule has 0 bridgehead atoms. The van der Waals surface area contributed by atoms with Crippen molar-refractivity contribution in [3.8, 4) is 0 Å². The van der Waals surface area contributed by atoms with Gasteiger partial charge in [-0.1, -0.05) is 28.1 Å². The van der Waals surface area contributed by atoms with Gasteiger partial charge in [-0.05, 0) is 37.1 Å². The molecule has 0 amide bonds. The lowest BCUT2D eigenvalue weighted by atomic mass is 10.1. The minimum absolute atomic E-state index is 0.445. The van der Waals surface area contributed by atoms with E-state index in [9.17, 15) is 0 Å². The van der Waals surface area contributed by atoms with Crippen LogP contribution in [0, 0.1) is 0 Å². The summed E-state index contributed by atoms with van der Waals surface area (Å²) in [6.45, 7) is 3.06. The predicted molar refractivity (Wildman–Crippen MR) is 77.4 cm³/mol. The van der Waals surface area contributed by atoms with Crippen molar-refractivity contribution < 1.29 is 0 Å². The molecule has 18 heavy (non-hydrogen) atoms. The lowest BCUT2D eigenvalue weighted by molar-refractivity contribution is 0.526. The van der Waals surface area contributed by atoms with Gasteiger partial charge in [-0.3, -0.25) is 4.68 Å². The van der Waals surface area contributed by atoms with Crippen LogP contribution >= 0.6 is 15.9 Å². The first kappa shape index (κ1) is 13.3. The van der Waals surface area contributed by atoms with E-state index in [1.54, 1.807) is 0 Å². The smallest absolute Gasteiger partial charge is 0.0518 e. The average Bonchev–Trinajstić information content (AvgIpc) is 2.75. The van der Waals surface area contributed by atoms with Crippen LogP contribution in [-0.4, -0.2) is 15.8 Å². The largest absolute Gasteiger partial charge is 0.308 e. The molecule has 1 heterocycles. The number of halogens is 1. The average molecular weight is 308 g/mol. The highest BCUT2D eigenvalue weighted by molar-refractivity contribution is 9.10. The van der Waals surface area contributed by atoms with Gasteiger partial charge in [0.05, 0.1) is 5.69 Å². The minimum atomic E-state index is 0.445. The summed E-state index contributed by atoms with van der Waals surface area (Å²) < 4.78 is 3.03. The standard InChI is InChI=1S/C14H18BrN3/c1-11(9-12-3-5-13(15)6-4-12)16-10-14-7-8-17-18(14)2/h3-8,11,16H,9-10H2,1-2H3. The lowest BCUT2D eigenvalue weighted by Gasteiger charge is -2.14. The van der Waals surface area contributed by atoms with Crippen molar-refractivity contribution in [2.24, 2.45) is 7.05 Å². The molecular formula is C14H18BrN3. The second-order valence-corrected chi connectivity index (χ2v) is 5.47. The molecule has 1 aromatic carbocycles. The summed E-state index contributed by atoms with van der Waals surface area (Å²) in [7, 11) is 1.97. The number of aryl methyl sites for hydroxylation is 1. The molecule has 1 N–H and O–H groups in total. The van der Waals surface area contributed by atoms with E-state index >= 15 is 0 Å². The molecule has 2 aromatic rings. The van der Waals surface area contributed by atoms with Crippen molar-refractivity contribution in [3.05, 3.63) is 52.3 Å². The summed E-state index contributed by atoms with van der Waals surface area (Å²) >= 11 is 3.45. The Bertz CT molecular complexity index is 490. The molecule has 0 saturated heterocycles. The van der Waals surface area contributed by atoms with Gasteiger partial charge in [0.25, 0.3) is 0 Å². The first-order valence-corrected chi connectivity index (χ1v) is 6.89. The molecule has 4 heteroatoms. The molecular weight excluding hydrogens is 290 g/mol. The van der Waals surface area contributed by atoms with Crippen molar-refractivity contribution in [1.82, 2.24) is 15.1 Å². The van der Waals surface area contributed by atoms with Gasteiger partial charge in [-0.2, -0.15) is 5.10 Å². The van der Waals surface area contributed by atoms with Crippen molar-refractivity contribution in [2.75, 3.05) is 0 Å². The Morgan fingerprint density at radius 3 is 2.61 bits per heavy atom. The predicted octanol–water partition coefficient (Wildman–Crippen LogP) is 2.90. The zero-order valence-electron chi connectivity index (χ0n) is 10.7. The monoisotopic (exact) mass is 307 g/mol. The molecule has 0 saturated carbocycles. The Balaban J connectivity index is 1.83. The van der Waals surface area contributed by atoms with Crippen molar-refractivity contribution in [1.29, 1.82) is 0 Å². The van der Waals surface area contributed by atoms with Crippen LogP contribution in [0.1, 0.15) is 18.2 Å². The molecule has 1 unspecified atom stereocenters. The summed E-state index contributed by atoms with van der Waals surface area (Å²) in [5.74, 6) is 0. The molecule has 3 nitrogen and oxygen atoms in total. The third-order valence-corrected chi connectivity index (χ3v) is 3.54. The third kappa shape index (κ3) is 3.68. The zero-order chi connectivity index (χ0) is 13.0. The molecule has 0 aliphatic carbocycles. The van der Waals surface area contributed by atoms with E-state index in [0.29, 0.717) is 6.04 Å². The number of rotatable bonds is 5. The van der Waals surface area contributed by atoms with E-state index in [1.165, 1.54) is 11.3 Å². The Morgan fingerprint density at radius 1 is 1.28 bits per heavy atom. The van der Waals surface area contributed by atoms with E-state index in [0.717, 1.165) is 17.4 Å². The lowest BCUT2D eigenvalue weighted by Crippen LogP contribution is -2.28. The fraction of sp³-hybridized carbons (Fsp3) is 0.357. The third-order valence-electron chi connectivity index (χ3n) is 3.01. The molecule has 2 rings (SSSR count). The van der Waals surface area contributed by atoms with E-state index in [4.69, 9.17) is 0 Å². The van der Waals surface area contributed by atoms with Crippen molar-refractivity contribution >= 4 is 15.9 Å². The second-order valence-electron chi connectivity index (χ2n) is 4.56. The first-order chi connectivity index (χ1) is 8.65. The summed E-state index contributed by atoms with van der Waals surface area (Å²) in [4.78, 5) is 0. The highest BCUT2D eigenvalue weighted by Crippen LogP contribution is 2.12. The number of nitrogens with one attached hydrogen (secondary N) is 1. The van der Waals surface area contributed by atoms with Gasteiger partial charge in [0.2, 0.25) is 0 Å². The number of hydrogen-bond donors (Lipinski definition) is 1. The Hall–Kier alpha value is -1.13. The zero-order valence-corrected chi connectivity index (χ0v) is 12.3. The molecule has 1 aromatic heterocycles. The Morgan fingerprint density at radius 2 is 2.00 bits per heavy atom. The van der Waals surface area contributed by atoms with Crippen LogP contribution in [0.15, 0.2) is 41.0 Å². The molecule has 0 aliphatic heterocycles. The van der Waals surface area contributed by atoms with E-state index in [-0.39, 0.29) is 0 Å². The minimum Gasteiger partial charge on any atom is -0.308 e. The van der Waals surface area contributed by atoms with Crippen LogP contribution in [0.2, 0.25) is 0 Å². The van der Waals surface area contributed by atoms with Crippen LogP contribution in [0.3, 0.4) is 0 Å². The number of hydrogen-bond acceptors (Lipinski definition) is 2. The highest BCUT2D eigenvalue weighted by Gasteiger charge is 2.05. The second kappa shape index (κ2) is 6.16. The van der Waals surface area contributed by atoms with Gasteiger partial charge in [-0.25, -0.2) is 0 Å². The maximum atomic E-state index is 4.16. The van der Waals surface area contributed by atoms with Gasteiger partial charge >= 0.3 is 0 Å². The molecule has 0 aliphatic rings. The normalized spacial score (nSPS) is 12.6. The number of benzene rings is 1. The van der Waals surface area contributed by atoms with Crippen LogP contribution in [-0.2, 0) is 20.0 Å². The van der Waals surface area contributed by atoms with Crippen LogP contribution in [0.4, 0.5) is 0 Å². The van der Waals surface area contributed by atoms with E-state index < -0.39 is 0 Å². The van der Waals surface area contributed by atoms with Crippen molar-refractivity contribution in [3.63, 3.8) is 0 Å². The molecule has 0 fully saturated rings. The summed E-state index contributed by atoms with van der Waals surface area (Å²) in [5, 5.41) is 7.68. The molecule has 96 valence electrons. The van der Waals surface area contributed by atoms with Crippen LogP contribution in [0.5, 0.6) is 0 Å². The van der Waals surface area contributed by atoms with Gasteiger partial charge in [0.1, 0.15) is 0 Å². The maximum Gasteiger partial charge on any atom is 0.0518 e.